The van der Waals surface area contributed by atoms with E-state index in [0.717, 1.165) is 0 Å². The van der Waals surface area contributed by atoms with Gasteiger partial charge in [-0.3, -0.25) is 28.8 Å². The number of ketones is 1. The van der Waals surface area contributed by atoms with E-state index in [4.69, 9.17) is 14.2 Å². The van der Waals surface area contributed by atoms with Gasteiger partial charge in [-0.15, -0.1) is 0 Å². The van der Waals surface area contributed by atoms with Crippen LogP contribution in [0.2, 0.25) is 0 Å². The summed E-state index contributed by atoms with van der Waals surface area (Å²) in [5.41, 5.74) is 0.293. The van der Waals surface area contributed by atoms with E-state index in [2.05, 4.69) is 16.0 Å². The number of carboxylic acid groups (broad SMARTS) is 1. The third kappa shape index (κ3) is 12.3. The lowest BCUT2D eigenvalue weighted by molar-refractivity contribution is -0.271. The summed E-state index contributed by atoms with van der Waals surface area (Å²) < 4.78 is 15.8. The summed E-state index contributed by atoms with van der Waals surface area (Å²) in [6.45, 7) is 7.01. The molecular weight excluding hydrogens is 664 g/mol. The summed E-state index contributed by atoms with van der Waals surface area (Å²) >= 11 is 0. The van der Waals surface area contributed by atoms with Gasteiger partial charge in [0.25, 0.3) is 0 Å². The minimum Gasteiger partial charge on any atom is -0.479 e. The maximum absolute atomic E-state index is 13.2. The van der Waals surface area contributed by atoms with Crippen LogP contribution >= 0.6 is 0 Å². The number of hydrogen-bond donors (Lipinski definition) is 7. The number of aliphatic hydroxyl groups is 3. The van der Waals surface area contributed by atoms with E-state index in [1.165, 1.54) is 50.9 Å². The highest BCUT2D eigenvalue weighted by molar-refractivity contribution is 5.99. The van der Waals surface area contributed by atoms with E-state index >= 15 is 0 Å². The number of aliphatic hydroxyl groups excluding tert-OH is 3. The number of esters is 1. The summed E-state index contributed by atoms with van der Waals surface area (Å²) in [4.78, 5) is 86.4. The number of ether oxygens (including phenoxy) is 3. The van der Waals surface area contributed by atoms with Crippen molar-refractivity contribution in [2.24, 2.45) is 5.92 Å². The quantitative estimate of drug-likeness (QED) is 0.0939. The zero-order chi connectivity index (χ0) is 37.9. The van der Waals surface area contributed by atoms with E-state index in [1.807, 2.05) is 0 Å². The number of likely N-dealkylation sites (N-methyl/N-ethyl adjacent to an activating group) is 1. The van der Waals surface area contributed by atoms with Gasteiger partial charge < -0.3 is 55.5 Å². The minimum atomic E-state index is -1.98. The summed E-state index contributed by atoms with van der Waals surface area (Å²) in [6.07, 6.45) is -9.52. The summed E-state index contributed by atoms with van der Waals surface area (Å²) in [6, 6.07) is 1.88. The Hall–Kier alpha value is -4.65. The first kappa shape index (κ1) is 41.5. The number of carbonyl (C=O) groups is 7. The van der Waals surface area contributed by atoms with Crippen LogP contribution in [0.15, 0.2) is 18.2 Å². The number of anilines is 1. The first-order valence-corrected chi connectivity index (χ1v) is 15.8. The number of nitrogens with one attached hydrogen (secondary N) is 3. The number of amides is 4. The van der Waals surface area contributed by atoms with Crippen LogP contribution in [-0.2, 0) is 49.6 Å². The fraction of sp³-hybridized carbons (Fsp3) is 0.594. The second-order valence-corrected chi connectivity index (χ2v) is 12.3. The van der Waals surface area contributed by atoms with Crippen LogP contribution < -0.4 is 20.7 Å². The molecule has 18 heteroatoms. The average molecular weight is 711 g/mol. The molecule has 0 aliphatic carbocycles. The molecular formula is C32H46N4O14. The standard InChI is InChI=1S/C32H46N4O14/c1-15(2)24(35-22(39)8-7-9-23(40)36(6)13-16(3)37)30(45)33-17(4)29(44)34-20-11-10-19(14-48-18(5)38)12-21(20)49-32-27(43)25(41)26(42)28(50-32)31(46)47/h10-12,15,17,24-28,32,41-43H,7-9,13-14H2,1-6H3,(H,33,45)(H,34,44)(H,35,39)(H,46,47)/t17-,24-,25-,26-,27+,28-,32+/m0/s1. The summed E-state index contributed by atoms with van der Waals surface area (Å²) in [5, 5.41) is 47.7. The Bertz CT molecular complexity index is 1420. The maximum Gasteiger partial charge on any atom is 0.335 e. The molecule has 0 radical (unpaired) electrons. The number of carbonyl (C=O) groups excluding carboxylic acids is 6. The zero-order valence-corrected chi connectivity index (χ0v) is 28.7. The van der Waals surface area contributed by atoms with Gasteiger partial charge in [0.2, 0.25) is 29.9 Å². The van der Waals surface area contributed by atoms with Crippen molar-refractivity contribution in [2.45, 2.75) is 103 Å². The number of benzene rings is 1. The van der Waals surface area contributed by atoms with Crippen molar-refractivity contribution in [3.8, 4) is 5.75 Å². The number of aliphatic carboxylic acids is 1. The van der Waals surface area contributed by atoms with Gasteiger partial charge in [0, 0.05) is 26.8 Å². The first-order chi connectivity index (χ1) is 23.3. The third-order valence-corrected chi connectivity index (χ3v) is 7.50. The molecule has 7 N–H and O–H groups in total. The predicted octanol–water partition coefficient (Wildman–Crippen LogP) is -1.18. The van der Waals surface area contributed by atoms with Gasteiger partial charge in [0.05, 0.1) is 12.2 Å². The lowest BCUT2D eigenvalue weighted by Crippen LogP contribution is -2.61. The molecule has 50 heavy (non-hydrogen) atoms. The second-order valence-electron chi connectivity index (χ2n) is 12.3. The fourth-order valence-electron chi connectivity index (χ4n) is 4.72. The van der Waals surface area contributed by atoms with Gasteiger partial charge in [0.15, 0.2) is 6.10 Å². The zero-order valence-electron chi connectivity index (χ0n) is 28.7. The van der Waals surface area contributed by atoms with E-state index in [9.17, 15) is 54.0 Å². The molecule has 18 nitrogen and oxygen atoms in total. The molecule has 1 saturated heterocycles. The molecule has 1 aliphatic rings. The number of rotatable bonds is 17. The Morgan fingerprint density at radius 3 is 2.16 bits per heavy atom. The molecule has 1 aliphatic heterocycles. The highest BCUT2D eigenvalue weighted by Gasteiger charge is 2.48. The molecule has 4 amide bonds. The Kier molecular flexibility index (Phi) is 15.7. The van der Waals surface area contributed by atoms with Gasteiger partial charge in [-0.05, 0) is 43.9 Å². The van der Waals surface area contributed by atoms with Crippen molar-refractivity contribution >= 4 is 47.0 Å². The maximum atomic E-state index is 13.2. The van der Waals surface area contributed by atoms with Crippen molar-refractivity contribution in [2.75, 3.05) is 18.9 Å². The molecule has 0 saturated carbocycles. The molecule has 0 bridgehead atoms. The van der Waals surface area contributed by atoms with Crippen molar-refractivity contribution in [3.63, 3.8) is 0 Å². The Labute approximate surface area is 288 Å². The monoisotopic (exact) mass is 710 g/mol. The SMILES string of the molecule is CC(=O)CN(C)C(=O)CCCC(=O)N[C@H](C(=O)N[C@@H](C)C(=O)Nc1ccc(COC(C)=O)cc1O[C@@H]1O[C@H](C(=O)O)[C@@H](O)[C@H](O)[C@H]1O)C(C)C. The lowest BCUT2D eigenvalue weighted by Gasteiger charge is -2.38. The highest BCUT2D eigenvalue weighted by Crippen LogP contribution is 2.31. The molecule has 1 aromatic rings. The van der Waals surface area contributed by atoms with Gasteiger partial charge in [-0.25, -0.2) is 4.79 Å². The first-order valence-electron chi connectivity index (χ1n) is 15.8. The normalized spacial score (nSPS) is 21.3. The average Bonchev–Trinajstić information content (AvgIpc) is 3.02. The minimum absolute atomic E-state index is 0.0257. The smallest absolute Gasteiger partial charge is 0.335 e. The molecule has 7 atom stereocenters. The van der Waals surface area contributed by atoms with E-state index in [0.29, 0.717) is 5.56 Å². The Morgan fingerprint density at radius 2 is 1.58 bits per heavy atom. The fourth-order valence-corrected chi connectivity index (χ4v) is 4.72. The van der Waals surface area contributed by atoms with Crippen molar-refractivity contribution < 1.29 is 68.2 Å². The molecule has 2 rings (SSSR count). The number of Topliss-reactive ketones (excluding diaryl/α,β-unsaturated/α-hetero) is 1. The van der Waals surface area contributed by atoms with Crippen LogP contribution in [0.1, 0.15) is 59.4 Å². The van der Waals surface area contributed by atoms with Gasteiger partial charge in [-0.1, -0.05) is 19.9 Å². The van der Waals surface area contributed by atoms with Gasteiger partial charge in [-0.2, -0.15) is 0 Å². The molecule has 278 valence electrons. The third-order valence-electron chi connectivity index (χ3n) is 7.50. The van der Waals surface area contributed by atoms with Crippen LogP contribution in [0.3, 0.4) is 0 Å². The lowest BCUT2D eigenvalue weighted by atomic mass is 9.99. The van der Waals surface area contributed by atoms with Gasteiger partial charge >= 0.3 is 11.9 Å². The van der Waals surface area contributed by atoms with E-state index in [1.54, 1.807) is 13.8 Å². The van der Waals surface area contributed by atoms with Crippen LogP contribution in [-0.4, -0.2) is 123 Å². The topological polar surface area (TPSA) is 267 Å². The molecule has 1 aromatic carbocycles. The number of carboxylic acids is 1. The number of nitrogens with zero attached hydrogens (tertiary/aromatic N) is 1. The highest BCUT2D eigenvalue weighted by atomic mass is 16.7. The summed E-state index contributed by atoms with van der Waals surface area (Å²) in [5.74, 6) is -5.26. The Morgan fingerprint density at radius 1 is 0.920 bits per heavy atom. The molecule has 0 spiro atoms. The molecule has 0 aromatic heterocycles. The van der Waals surface area contributed by atoms with Crippen molar-refractivity contribution in [1.29, 1.82) is 0 Å². The van der Waals surface area contributed by atoms with Crippen LogP contribution in [0.25, 0.3) is 0 Å². The summed E-state index contributed by atoms with van der Waals surface area (Å²) in [7, 11) is 1.48. The molecule has 0 unspecified atom stereocenters. The largest absolute Gasteiger partial charge is 0.479 e. The second kappa shape index (κ2) is 18.9. The van der Waals surface area contributed by atoms with E-state index in [-0.39, 0.29) is 55.5 Å². The van der Waals surface area contributed by atoms with Gasteiger partial charge in [0.1, 0.15) is 48.5 Å². The van der Waals surface area contributed by atoms with Crippen LogP contribution in [0.5, 0.6) is 5.75 Å². The van der Waals surface area contributed by atoms with Crippen molar-refractivity contribution in [3.05, 3.63) is 23.8 Å². The van der Waals surface area contributed by atoms with Crippen LogP contribution in [0, 0.1) is 5.92 Å². The van der Waals surface area contributed by atoms with Crippen LogP contribution in [0.4, 0.5) is 5.69 Å². The van der Waals surface area contributed by atoms with Crippen molar-refractivity contribution in [1.82, 2.24) is 15.5 Å². The molecule has 1 heterocycles. The Balaban J connectivity index is 2.13. The predicted molar refractivity (Wildman–Crippen MR) is 172 cm³/mol. The molecule has 1 fully saturated rings. The number of hydrogen-bond acceptors (Lipinski definition) is 13. The van der Waals surface area contributed by atoms with E-state index < -0.39 is 78.4 Å².